The summed E-state index contributed by atoms with van der Waals surface area (Å²) in [4.78, 5) is 27.5. The normalized spacial score (nSPS) is 12.0. The molecule has 2 aromatic rings. The molecule has 0 fully saturated rings. The van der Waals surface area contributed by atoms with E-state index < -0.39 is 16.1 Å². The predicted molar refractivity (Wildman–Crippen MR) is 146 cm³/mol. The molecule has 36 heavy (non-hydrogen) atoms. The molecule has 198 valence electrons. The Morgan fingerprint density at radius 3 is 2.36 bits per heavy atom. The maximum atomic E-state index is 13.3. The molecular formula is C26H36BrN3O5S. The van der Waals surface area contributed by atoms with Crippen LogP contribution in [0.4, 0.5) is 5.69 Å². The van der Waals surface area contributed by atoms with Crippen LogP contribution in [0.1, 0.15) is 45.6 Å². The van der Waals surface area contributed by atoms with Crippen molar-refractivity contribution in [2.24, 2.45) is 0 Å². The first-order valence-corrected chi connectivity index (χ1v) is 14.7. The van der Waals surface area contributed by atoms with Gasteiger partial charge in [0.1, 0.15) is 11.8 Å². The highest BCUT2D eigenvalue weighted by Crippen LogP contribution is 2.30. The van der Waals surface area contributed by atoms with Crippen molar-refractivity contribution < 1.29 is 22.7 Å². The molecule has 2 aromatic carbocycles. The van der Waals surface area contributed by atoms with E-state index in [-0.39, 0.29) is 37.7 Å². The first-order valence-electron chi connectivity index (χ1n) is 12.1. The largest absolute Gasteiger partial charge is 0.492 e. The van der Waals surface area contributed by atoms with Gasteiger partial charge in [-0.1, -0.05) is 47.1 Å². The van der Waals surface area contributed by atoms with Gasteiger partial charge in [-0.05, 0) is 56.5 Å². The second-order valence-electron chi connectivity index (χ2n) is 8.45. The summed E-state index contributed by atoms with van der Waals surface area (Å²) in [5, 5.41) is 2.85. The number of benzene rings is 2. The van der Waals surface area contributed by atoms with Crippen LogP contribution in [-0.4, -0.2) is 57.1 Å². The predicted octanol–water partition coefficient (Wildman–Crippen LogP) is 4.34. The molecule has 10 heteroatoms. The van der Waals surface area contributed by atoms with Gasteiger partial charge in [0, 0.05) is 30.5 Å². The van der Waals surface area contributed by atoms with Crippen LogP contribution >= 0.6 is 15.9 Å². The van der Waals surface area contributed by atoms with Gasteiger partial charge in [0.25, 0.3) is 0 Å². The van der Waals surface area contributed by atoms with Gasteiger partial charge >= 0.3 is 0 Å². The zero-order valence-electron chi connectivity index (χ0n) is 21.4. The van der Waals surface area contributed by atoms with Crippen LogP contribution < -0.4 is 14.4 Å². The zero-order chi connectivity index (χ0) is 26.7. The lowest BCUT2D eigenvalue weighted by Gasteiger charge is -2.29. The van der Waals surface area contributed by atoms with E-state index in [2.05, 4.69) is 21.2 Å². The van der Waals surface area contributed by atoms with Crippen LogP contribution in [-0.2, 0) is 26.2 Å². The lowest BCUT2D eigenvalue weighted by molar-refractivity contribution is -0.140. The molecule has 2 amide bonds. The van der Waals surface area contributed by atoms with Crippen molar-refractivity contribution in [1.29, 1.82) is 0 Å². The third-order valence-corrected chi connectivity index (χ3v) is 7.28. The minimum absolute atomic E-state index is 0.0880. The lowest BCUT2D eigenvalue weighted by Crippen LogP contribution is -2.47. The monoisotopic (exact) mass is 581 g/mol. The van der Waals surface area contributed by atoms with Gasteiger partial charge in [-0.15, -0.1) is 0 Å². The molecule has 0 bridgehead atoms. The van der Waals surface area contributed by atoms with Crippen LogP contribution in [0.15, 0.2) is 53.0 Å². The van der Waals surface area contributed by atoms with Crippen LogP contribution in [0.5, 0.6) is 5.75 Å². The van der Waals surface area contributed by atoms with Gasteiger partial charge in [0.2, 0.25) is 21.8 Å². The van der Waals surface area contributed by atoms with E-state index in [1.807, 2.05) is 38.1 Å². The van der Waals surface area contributed by atoms with Crippen molar-refractivity contribution in [1.82, 2.24) is 10.2 Å². The van der Waals surface area contributed by atoms with Crippen molar-refractivity contribution in [2.75, 3.05) is 30.3 Å². The molecule has 1 atom stereocenters. The number of nitrogens with one attached hydrogen (secondary N) is 1. The fraction of sp³-hybridized carbons (Fsp3) is 0.462. The molecule has 0 aliphatic carbocycles. The molecule has 0 saturated heterocycles. The van der Waals surface area contributed by atoms with Gasteiger partial charge in [0.05, 0.1) is 18.6 Å². The molecule has 0 aliphatic rings. The number of rotatable bonds is 14. The summed E-state index contributed by atoms with van der Waals surface area (Å²) in [6.07, 6.45) is 2.30. The van der Waals surface area contributed by atoms with Crippen molar-refractivity contribution in [3.63, 3.8) is 0 Å². The van der Waals surface area contributed by atoms with Crippen LogP contribution in [0, 0.1) is 0 Å². The SMILES string of the molecule is CCCNC(=O)[C@@H](C)N(Cc1ccc(Br)cc1)C(=O)CCCN(c1ccccc1OCC)S(C)(=O)=O. The molecule has 2 rings (SSSR count). The van der Waals surface area contributed by atoms with E-state index in [4.69, 9.17) is 4.74 Å². The van der Waals surface area contributed by atoms with Crippen LogP contribution in [0.2, 0.25) is 0 Å². The summed E-state index contributed by atoms with van der Waals surface area (Å²) in [6, 6.07) is 13.8. The van der Waals surface area contributed by atoms with Crippen molar-refractivity contribution in [2.45, 2.75) is 52.6 Å². The van der Waals surface area contributed by atoms with Crippen LogP contribution in [0.25, 0.3) is 0 Å². The van der Waals surface area contributed by atoms with Gasteiger partial charge in [-0.3, -0.25) is 13.9 Å². The smallest absolute Gasteiger partial charge is 0.242 e. The number of amides is 2. The van der Waals surface area contributed by atoms with Gasteiger partial charge in [0.15, 0.2) is 0 Å². The van der Waals surface area contributed by atoms with Crippen molar-refractivity contribution in [3.05, 3.63) is 58.6 Å². The summed E-state index contributed by atoms with van der Waals surface area (Å²) in [5.74, 6) is 0.0316. The lowest BCUT2D eigenvalue weighted by atomic mass is 10.1. The summed E-state index contributed by atoms with van der Waals surface area (Å²) in [7, 11) is -3.61. The molecule has 0 heterocycles. The van der Waals surface area contributed by atoms with E-state index in [0.717, 1.165) is 22.7 Å². The van der Waals surface area contributed by atoms with E-state index in [1.165, 1.54) is 4.31 Å². The first kappa shape index (κ1) is 29.6. The minimum Gasteiger partial charge on any atom is -0.492 e. The minimum atomic E-state index is -3.61. The Hall–Kier alpha value is -2.59. The quantitative estimate of drug-likeness (QED) is 0.358. The summed E-state index contributed by atoms with van der Waals surface area (Å²) >= 11 is 3.41. The second-order valence-corrected chi connectivity index (χ2v) is 11.3. The number of anilines is 1. The number of nitrogens with zero attached hydrogens (tertiary/aromatic N) is 2. The molecule has 0 spiro atoms. The fourth-order valence-corrected chi connectivity index (χ4v) is 4.92. The molecule has 0 aliphatic heterocycles. The molecule has 1 N–H and O–H groups in total. The number of halogens is 1. The number of ether oxygens (including phenoxy) is 1. The highest BCUT2D eigenvalue weighted by atomic mass is 79.9. The number of sulfonamides is 1. The van der Waals surface area contributed by atoms with Crippen molar-refractivity contribution in [3.8, 4) is 5.75 Å². The van der Waals surface area contributed by atoms with Gasteiger partial charge < -0.3 is 15.0 Å². The van der Waals surface area contributed by atoms with E-state index in [0.29, 0.717) is 24.6 Å². The molecular weight excluding hydrogens is 546 g/mol. The van der Waals surface area contributed by atoms with E-state index >= 15 is 0 Å². The van der Waals surface area contributed by atoms with Gasteiger partial charge in [-0.2, -0.15) is 0 Å². The summed E-state index contributed by atoms with van der Waals surface area (Å²) in [5.41, 5.74) is 1.33. The Morgan fingerprint density at radius 1 is 1.08 bits per heavy atom. The first-order chi connectivity index (χ1) is 17.1. The number of para-hydroxylation sites is 2. The molecule has 0 unspecified atom stereocenters. The highest BCUT2D eigenvalue weighted by Gasteiger charge is 2.27. The summed E-state index contributed by atoms with van der Waals surface area (Å²) < 4.78 is 33.0. The number of carbonyl (C=O) groups is 2. The second kappa shape index (κ2) is 14.2. The molecule has 0 saturated carbocycles. The highest BCUT2D eigenvalue weighted by molar-refractivity contribution is 9.10. The third-order valence-electron chi connectivity index (χ3n) is 5.57. The number of hydrogen-bond acceptors (Lipinski definition) is 5. The Balaban J connectivity index is 2.18. The molecule has 0 radical (unpaired) electrons. The average Bonchev–Trinajstić information content (AvgIpc) is 2.84. The van der Waals surface area contributed by atoms with E-state index in [9.17, 15) is 18.0 Å². The van der Waals surface area contributed by atoms with Crippen LogP contribution in [0.3, 0.4) is 0 Å². The maximum absolute atomic E-state index is 13.3. The Morgan fingerprint density at radius 2 is 1.75 bits per heavy atom. The third kappa shape index (κ3) is 8.81. The van der Waals surface area contributed by atoms with Gasteiger partial charge in [-0.25, -0.2) is 8.42 Å². The Labute approximate surface area is 223 Å². The van der Waals surface area contributed by atoms with Crippen molar-refractivity contribution >= 4 is 43.5 Å². The van der Waals surface area contributed by atoms with E-state index in [1.54, 1.807) is 36.1 Å². The number of hydrogen-bond donors (Lipinski definition) is 1. The topological polar surface area (TPSA) is 96.0 Å². The summed E-state index contributed by atoms with van der Waals surface area (Å²) in [6.45, 7) is 6.82. The Bertz CT molecular complexity index is 1110. The fourth-order valence-electron chi connectivity index (χ4n) is 3.69. The average molecular weight is 583 g/mol. The number of carbonyl (C=O) groups excluding carboxylic acids is 2. The zero-order valence-corrected chi connectivity index (χ0v) is 23.8. The molecule has 8 nitrogen and oxygen atoms in total. The molecule has 0 aromatic heterocycles. The maximum Gasteiger partial charge on any atom is 0.242 e. The Kier molecular flexibility index (Phi) is 11.7. The standard InChI is InChI=1S/C26H36BrN3O5S/c1-5-17-28-26(32)20(3)29(19-21-13-15-22(27)16-14-21)25(31)12-9-18-30(36(4,33)34)23-10-7-8-11-24(23)35-6-2/h7-8,10-11,13-16,20H,5-6,9,12,17-19H2,1-4H3,(H,28,32)/t20-/m1/s1.